The summed E-state index contributed by atoms with van der Waals surface area (Å²) in [4.78, 5) is 12.6. The Kier molecular flexibility index (Phi) is 5.23. The predicted molar refractivity (Wildman–Crippen MR) is 101 cm³/mol. The normalized spacial score (nSPS) is 17.1. The fourth-order valence-corrected chi connectivity index (χ4v) is 4.82. The Morgan fingerprint density at radius 1 is 0.893 bits per heavy atom. The van der Waals surface area contributed by atoms with Crippen molar-refractivity contribution in [3.05, 3.63) is 48.0 Å². The molecule has 1 saturated heterocycles. The molecule has 8 heteroatoms. The zero-order chi connectivity index (χ0) is 19.6. The number of ether oxygens (including phenoxy) is 3. The second kappa shape index (κ2) is 7.81. The van der Waals surface area contributed by atoms with Gasteiger partial charge in [-0.1, -0.05) is 12.8 Å². The first kappa shape index (κ1) is 18.8. The number of carbonyl (C=O) groups is 1. The molecule has 7 nitrogen and oxygen atoms in total. The number of fused-ring (bicyclic) bond motifs is 1. The van der Waals surface area contributed by atoms with Gasteiger partial charge in [0.05, 0.1) is 10.5 Å². The third kappa shape index (κ3) is 3.83. The van der Waals surface area contributed by atoms with E-state index in [1.807, 2.05) is 0 Å². The van der Waals surface area contributed by atoms with Crippen LogP contribution in [0.2, 0.25) is 0 Å². The average Bonchev–Trinajstić information content (AvgIpc) is 2.98. The number of hydrogen-bond donors (Lipinski definition) is 0. The fourth-order valence-electron chi connectivity index (χ4n) is 3.30. The molecule has 148 valence electrons. The molecule has 0 aromatic heterocycles. The zero-order valence-corrected chi connectivity index (χ0v) is 16.1. The number of esters is 1. The lowest BCUT2D eigenvalue weighted by Crippen LogP contribution is -2.31. The predicted octanol–water partition coefficient (Wildman–Crippen LogP) is 3.20. The maximum absolute atomic E-state index is 12.8. The Bertz CT molecular complexity index is 963. The highest BCUT2D eigenvalue weighted by Gasteiger charge is 2.25. The van der Waals surface area contributed by atoms with Crippen LogP contribution in [0, 0.1) is 0 Å². The van der Waals surface area contributed by atoms with Crippen LogP contribution in [-0.4, -0.2) is 38.6 Å². The van der Waals surface area contributed by atoms with E-state index in [0.717, 1.165) is 25.7 Å². The largest absolute Gasteiger partial charge is 0.454 e. The van der Waals surface area contributed by atoms with Crippen molar-refractivity contribution in [3.8, 4) is 17.2 Å². The van der Waals surface area contributed by atoms with Gasteiger partial charge < -0.3 is 14.2 Å². The number of carbonyl (C=O) groups excluding carboxylic acids is 1. The first-order chi connectivity index (χ1) is 13.5. The van der Waals surface area contributed by atoms with Gasteiger partial charge in [-0.05, 0) is 49.2 Å². The summed E-state index contributed by atoms with van der Waals surface area (Å²) in [6.45, 7) is 1.21. The van der Waals surface area contributed by atoms with Crippen molar-refractivity contribution in [2.45, 2.75) is 30.6 Å². The smallest absolute Gasteiger partial charge is 0.343 e. The van der Waals surface area contributed by atoms with E-state index in [2.05, 4.69) is 0 Å². The summed E-state index contributed by atoms with van der Waals surface area (Å²) in [5, 5.41) is 0. The summed E-state index contributed by atoms with van der Waals surface area (Å²) in [5.41, 5.74) is 0.271. The molecule has 0 radical (unpaired) electrons. The van der Waals surface area contributed by atoms with Gasteiger partial charge in [0, 0.05) is 19.2 Å². The van der Waals surface area contributed by atoms with Crippen molar-refractivity contribution in [2.75, 3.05) is 19.9 Å². The van der Waals surface area contributed by atoms with Gasteiger partial charge in [-0.15, -0.1) is 0 Å². The van der Waals surface area contributed by atoms with E-state index < -0.39 is 16.0 Å². The van der Waals surface area contributed by atoms with E-state index in [4.69, 9.17) is 14.2 Å². The van der Waals surface area contributed by atoms with E-state index in [-0.39, 0.29) is 17.3 Å². The highest BCUT2D eigenvalue weighted by Crippen LogP contribution is 2.35. The number of nitrogens with zero attached hydrogens (tertiary/aromatic N) is 1. The van der Waals surface area contributed by atoms with Crippen LogP contribution < -0.4 is 14.2 Å². The number of hydrogen-bond acceptors (Lipinski definition) is 6. The Morgan fingerprint density at radius 2 is 1.57 bits per heavy atom. The molecule has 0 saturated carbocycles. The molecule has 0 unspecified atom stereocenters. The molecule has 0 spiro atoms. The first-order valence-corrected chi connectivity index (χ1v) is 10.7. The van der Waals surface area contributed by atoms with Gasteiger partial charge in [0.1, 0.15) is 5.75 Å². The van der Waals surface area contributed by atoms with Crippen molar-refractivity contribution in [1.29, 1.82) is 0 Å². The fraction of sp³-hybridized carbons (Fsp3) is 0.350. The SMILES string of the molecule is O=C(Oc1ccc2c(c1)OCO2)c1ccc(S(=O)(=O)N2CCCCCC2)cc1. The molecule has 0 N–H and O–H groups in total. The minimum Gasteiger partial charge on any atom is -0.454 e. The van der Waals surface area contributed by atoms with Gasteiger partial charge in [-0.25, -0.2) is 13.2 Å². The summed E-state index contributed by atoms with van der Waals surface area (Å²) in [6.07, 6.45) is 3.85. The van der Waals surface area contributed by atoms with Crippen LogP contribution in [0.1, 0.15) is 36.0 Å². The number of rotatable bonds is 4. The number of benzene rings is 2. The molecular weight excluding hydrogens is 382 g/mol. The molecule has 0 amide bonds. The van der Waals surface area contributed by atoms with Crippen LogP contribution >= 0.6 is 0 Å². The Labute approximate surface area is 163 Å². The summed E-state index contributed by atoms with van der Waals surface area (Å²) >= 11 is 0. The molecule has 2 aliphatic heterocycles. The second-order valence-corrected chi connectivity index (χ2v) is 8.69. The molecule has 2 aromatic rings. The zero-order valence-electron chi connectivity index (χ0n) is 15.3. The topological polar surface area (TPSA) is 82.1 Å². The van der Waals surface area contributed by atoms with Crippen LogP contribution in [-0.2, 0) is 10.0 Å². The molecule has 0 bridgehead atoms. The van der Waals surface area contributed by atoms with Crippen molar-refractivity contribution in [1.82, 2.24) is 4.31 Å². The van der Waals surface area contributed by atoms with Gasteiger partial charge in [0.25, 0.3) is 0 Å². The van der Waals surface area contributed by atoms with Crippen LogP contribution in [0.15, 0.2) is 47.4 Å². The Morgan fingerprint density at radius 3 is 2.29 bits per heavy atom. The molecule has 1 fully saturated rings. The molecule has 0 aliphatic carbocycles. The van der Waals surface area contributed by atoms with E-state index in [1.165, 1.54) is 28.6 Å². The quantitative estimate of drug-likeness (QED) is 0.576. The summed E-state index contributed by atoms with van der Waals surface area (Å²) < 4.78 is 43.0. The highest BCUT2D eigenvalue weighted by atomic mass is 32.2. The van der Waals surface area contributed by atoms with Crippen LogP contribution in [0.5, 0.6) is 17.2 Å². The van der Waals surface area contributed by atoms with E-state index >= 15 is 0 Å². The van der Waals surface area contributed by atoms with Crippen LogP contribution in [0.4, 0.5) is 0 Å². The van der Waals surface area contributed by atoms with Crippen molar-refractivity contribution in [3.63, 3.8) is 0 Å². The third-order valence-electron chi connectivity index (χ3n) is 4.85. The lowest BCUT2D eigenvalue weighted by atomic mass is 10.2. The molecule has 2 aromatic carbocycles. The van der Waals surface area contributed by atoms with Gasteiger partial charge in [0.2, 0.25) is 16.8 Å². The lowest BCUT2D eigenvalue weighted by molar-refractivity contribution is 0.0734. The highest BCUT2D eigenvalue weighted by molar-refractivity contribution is 7.89. The Balaban J connectivity index is 1.47. The standard InChI is InChI=1S/C20H21NO6S/c22-20(27-16-7-10-18-19(13-16)26-14-25-18)15-5-8-17(9-6-15)28(23,24)21-11-3-1-2-4-12-21/h5-10,13H,1-4,11-12,14H2. The third-order valence-corrected chi connectivity index (χ3v) is 6.76. The average molecular weight is 403 g/mol. The minimum absolute atomic E-state index is 0.139. The van der Waals surface area contributed by atoms with Gasteiger partial charge in [-0.2, -0.15) is 4.31 Å². The van der Waals surface area contributed by atoms with Crippen molar-refractivity contribution < 1.29 is 27.4 Å². The van der Waals surface area contributed by atoms with E-state index in [0.29, 0.717) is 30.3 Å². The van der Waals surface area contributed by atoms with E-state index in [1.54, 1.807) is 18.2 Å². The molecule has 28 heavy (non-hydrogen) atoms. The molecule has 2 heterocycles. The lowest BCUT2D eigenvalue weighted by Gasteiger charge is -2.20. The monoisotopic (exact) mass is 403 g/mol. The summed E-state index contributed by atoms with van der Waals surface area (Å²) in [5.74, 6) is 0.875. The number of sulfonamides is 1. The maximum atomic E-state index is 12.8. The Hall–Kier alpha value is -2.58. The van der Waals surface area contributed by atoms with E-state index in [9.17, 15) is 13.2 Å². The van der Waals surface area contributed by atoms with Crippen LogP contribution in [0.25, 0.3) is 0 Å². The minimum atomic E-state index is -3.54. The molecule has 2 aliphatic rings. The van der Waals surface area contributed by atoms with Crippen molar-refractivity contribution in [2.24, 2.45) is 0 Å². The van der Waals surface area contributed by atoms with Gasteiger partial charge >= 0.3 is 5.97 Å². The van der Waals surface area contributed by atoms with Gasteiger partial charge in [0.15, 0.2) is 11.5 Å². The second-order valence-electron chi connectivity index (χ2n) is 6.75. The summed E-state index contributed by atoms with van der Waals surface area (Å²) in [6, 6.07) is 10.7. The molecule has 4 rings (SSSR count). The van der Waals surface area contributed by atoms with Crippen molar-refractivity contribution >= 4 is 16.0 Å². The molecule has 0 atom stereocenters. The maximum Gasteiger partial charge on any atom is 0.343 e. The summed E-state index contributed by atoms with van der Waals surface area (Å²) in [7, 11) is -3.54. The molecular formula is C20H21NO6S. The van der Waals surface area contributed by atoms with Crippen LogP contribution in [0.3, 0.4) is 0 Å². The van der Waals surface area contributed by atoms with Gasteiger partial charge in [-0.3, -0.25) is 0 Å². The first-order valence-electron chi connectivity index (χ1n) is 9.26.